The van der Waals surface area contributed by atoms with Crippen LogP contribution in [0.1, 0.15) is 21.6 Å². The molecule has 0 fully saturated rings. The van der Waals surface area contributed by atoms with Gasteiger partial charge in [0.1, 0.15) is 5.75 Å². The van der Waals surface area contributed by atoms with E-state index in [9.17, 15) is 4.79 Å². The van der Waals surface area contributed by atoms with E-state index in [1.165, 1.54) is 5.56 Å². The van der Waals surface area contributed by atoms with Gasteiger partial charge in [0.2, 0.25) is 0 Å². The van der Waals surface area contributed by atoms with Crippen molar-refractivity contribution in [1.82, 2.24) is 19.6 Å². The monoisotopic (exact) mass is 401 g/mol. The van der Waals surface area contributed by atoms with Gasteiger partial charge in [-0.3, -0.25) is 9.48 Å². The van der Waals surface area contributed by atoms with E-state index in [0.717, 1.165) is 24.3 Å². The minimum absolute atomic E-state index is 0.232. The van der Waals surface area contributed by atoms with Crippen molar-refractivity contribution in [2.75, 3.05) is 5.32 Å². The number of nitrogens with one attached hydrogen (secondary N) is 1. The fourth-order valence-corrected chi connectivity index (χ4v) is 3.04. The van der Waals surface area contributed by atoms with Gasteiger partial charge in [-0.25, -0.2) is 4.68 Å². The molecule has 30 heavy (non-hydrogen) atoms. The van der Waals surface area contributed by atoms with Crippen LogP contribution in [0.15, 0.2) is 79.3 Å². The Bertz CT molecular complexity index is 1120. The SMILES string of the molecule is Cc1ccccc1OCn1ccc(C(=O)Nc2cnn(CCc3ccccc3)c2)n1. The van der Waals surface area contributed by atoms with Gasteiger partial charge in [-0.1, -0.05) is 48.5 Å². The molecule has 0 saturated heterocycles. The maximum absolute atomic E-state index is 12.5. The van der Waals surface area contributed by atoms with E-state index in [1.54, 1.807) is 23.1 Å². The Hall–Kier alpha value is -3.87. The smallest absolute Gasteiger partial charge is 0.276 e. The molecule has 2 heterocycles. The zero-order chi connectivity index (χ0) is 20.8. The molecule has 0 aliphatic carbocycles. The molecule has 0 saturated carbocycles. The number of rotatable bonds is 8. The van der Waals surface area contributed by atoms with Crippen molar-refractivity contribution in [2.24, 2.45) is 0 Å². The average molecular weight is 401 g/mol. The molecule has 0 bridgehead atoms. The lowest BCUT2D eigenvalue weighted by Crippen LogP contribution is -2.14. The molecule has 0 atom stereocenters. The van der Waals surface area contributed by atoms with Crippen LogP contribution >= 0.6 is 0 Å². The van der Waals surface area contributed by atoms with E-state index in [4.69, 9.17) is 4.74 Å². The van der Waals surface area contributed by atoms with Gasteiger partial charge in [-0.15, -0.1) is 0 Å². The first kappa shape index (κ1) is 19.4. The highest BCUT2D eigenvalue weighted by Crippen LogP contribution is 2.16. The summed E-state index contributed by atoms with van der Waals surface area (Å²) in [5, 5.41) is 11.4. The maximum Gasteiger partial charge on any atom is 0.276 e. The minimum Gasteiger partial charge on any atom is -0.471 e. The minimum atomic E-state index is -0.285. The van der Waals surface area contributed by atoms with Gasteiger partial charge in [0.05, 0.1) is 11.9 Å². The van der Waals surface area contributed by atoms with Crippen LogP contribution in [0.5, 0.6) is 5.75 Å². The van der Waals surface area contributed by atoms with Crippen molar-refractivity contribution in [3.8, 4) is 5.75 Å². The van der Waals surface area contributed by atoms with Crippen LogP contribution in [0.3, 0.4) is 0 Å². The molecule has 1 amide bonds. The molecule has 4 aromatic rings. The van der Waals surface area contributed by atoms with E-state index in [1.807, 2.05) is 60.3 Å². The van der Waals surface area contributed by atoms with Crippen LogP contribution in [0.25, 0.3) is 0 Å². The van der Waals surface area contributed by atoms with Crippen molar-refractivity contribution in [3.05, 3.63) is 96.1 Å². The molecular weight excluding hydrogens is 378 g/mol. The van der Waals surface area contributed by atoms with E-state index in [0.29, 0.717) is 11.4 Å². The Morgan fingerprint density at radius 3 is 2.67 bits per heavy atom. The van der Waals surface area contributed by atoms with Gasteiger partial charge in [0, 0.05) is 18.9 Å². The first-order valence-corrected chi connectivity index (χ1v) is 9.77. The maximum atomic E-state index is 12.5. The van der Waals surface area contributed by atoms with Crippen LogP contribution < -0.4 is 10.1 Å². The molecule has 0 unspecified atom stereocenters. The molecule has 152 valence electrons. The number of carbonyl (C=O) groups excluding carboxylic acids is 1. The van der Waals surface area contributed by atoms with Crippen molar-refractivity contribution >= 4 is 11.6 Å². The number of carbonyl (C=O) groups is 1. The second-order valence-corrected chi connectivity index (χ2v) is 6.96. The first-order chi connectivity index (χ1) is 14.7. The lowest BCUT2D eigenvalue weighted by molar-refractivity contribution is 0.102. The van der Waals surface area contributed by atoms with Gasteiger partial charge >= 0.3 is 0 Å². The van der Waals surface area contributed by atoms with Crippen molar-refractivity contribution in [2.45, 2.75) is 26.6 Å². The fourth-order valence-electron chi connectivity index (χ4n) is 3.04. The molecule has 0 radical (unpaired) electrons. The molecule has 0 aliphatic heterocycles. The normalized spacial score (nSPS) is 10.7. The number of anilines is 1. The number of benzene rings is 2. The summed E-state index contributed by atoms with van der Waals surface area (Å²) in [4.78, 5) is 12.5. The number of aryl methyl sites for hydroxylation is 3. The standard InChI is InChI=1S/C23H23N5O2/c1-18-7-5-6-10-22(18)30-17-28-14-12-21(26-28)23(29)25-20-15-24-27(16-20)13-11-19-8-3-2-4-9-19/h2-10,12,14-16H,11,13,17H2,1H3,(H,25,29). The Labute approximate surface area is 174 Å². The Kier molecular flexibility index (Phi) is 5.89. The number of amides is 1. The van der Waals surface area contributed by atoms with Crippen LogP contribution in [-0.4, -0.2) is 25.5 Å². The molecule has 0 spiro atoms. The highest BCUT2D eigenvalue weighted by molar-refractivity contribution is 6.02. The predicted octanol–water partition coefficient (Wildman–Crippen LogP) is 3.92. The molecule has 2 aromatic carbocycles. The topological polar surface area (TPSA) is 74.0 Å². The quantitative estimate of drug-likeness (QED) is 0.486. The van der Waals surface area contributed by atoms with Gasteiger partial charge in [0.15, 0.2) is 12.4 Å². The molecule has 7 nitrogen and oxygen atoms in total. The molecule has 7 heteroatoms. The largest absolute Gasteiger partial charge is 0.471 e. The number of para-hydroxylation sites is 1. The highest BCUT2D eigenvalue weighted by Gasteiger charge is 2.11. The van der Waals surface area contributed by atoms with Crippen LogP contribution in [0, 0.1) is 6.92 Å². The Morgan fingerprint density at radius 1 is 1.03 bits per heavy atom. The van der Waals surface area contributed by atoms with Gasteiger partial charge in [0.25, 0.3) is 5.91 Å². The van der Waals surface area contributed by atoms with E-state index >= 15 is 0 Å². The summed E-state index contributed by atoms with van der Waals surface area (Å²) in [6.45, 7) is 2.96. The lowest BCUT2D eigenvalue weighted by atomic mass is 10.1. The third-order valence-corrected chi connectivity index (χ3v) is 4.68. The summed E-state index contributed by atoms with van der Waals surface area (Å²) in [5.74, 6) is 0.508. The number of nitrogens with zero attached hydrogens (tertiary/aromatic N) is 4. The highest BCUT2D eigenvalue weighted by atomic mass is 16.5. The Morgan fingerprint density at radius 2 is 1.83 bits per heavy atom. The van der Waals surface area contributed by atoms with E-state index in [2.05, 4.69) is 27.6 Å². The summed E-state index contributed by atoms with van der Waals surface area (Å²) in [6.07, 6.45) is 6.05. The predicted molar refractivity (Wildman–Crippen MR) is 114 cm³/mol. The summed E-state index contributed by atoms with van der Waals surface area (Å²) in [5.41, 5.74) is 3.25. The van der Waals surface area contributed by atoms with Crippen LogP contribution in [-0.2, 0) is 19.7 Å². The van der Waals surface area contributed by atoms with Gasteiger partial charge in [-0.2, -0.15) is 10.2 Å². The lowest BCUT2D eigenvalue weighted by Gasteiger charge is -2.08. The number of aromatic nitrogens is 4. The van der Waals surface area contributed by atoms with Crippen LogP contribution in [0.2, 0.25) is 0 Å². The average Bonchev–Trinajstić information content (AvgIpc) is 3.42. The second-order valence-electron chi connectivity index (χ2n) is 6.96. The second kappa shape index (κ2) is 9.09. The number of hydrogen-bond donors (Lipinski definition) is 1. The summed E-state index contributed by atoms with van der Waals surface area (Å²) in [6, 6.07) is 19.7. The summed E-state index contributed by atoms with van der Waals surface area (Å²) in [7, 11) is 0. The van der Waals surface area contributed by atoms with Gasteiger partial charge < -0.3 is 10.1 Å². The third kappa shape index (κ3) is 4.94. The molecule has 0 aliphatic rings. The first-order valence-electron chi connectivity index (χ1n) is 9.77. The zero-order valence-corrected chi connectivity index (χ0v) is 16.7. The van der Waals surface area contributed by atoms with Crippen molar-refractivity contribution < 1.29 is 9.53 Å². The summed E-state index contributed by atoms with van der Waals surface area (Å²) >= 11 is 0. The van der Waals surface area contributed by atoms with Crippen molar-refractivity contribution in [1.29, 1.82) is 0 Å². The summed E-state index contributed by atoms with van der Waals surface area (Å²) < 4.78 is 9.16. The fraction of sp³-hybridized carbons (Fsp3) is 0.174. The number of ether oxygens (including phenoxy) is 1. The van der Waals surface area contributed by atoms with Crippen molar-refractivity contribution in [3.63, 3.8) is 0 Å². The van der Waals surface area contributed by atoms with Crippen LogP contribution in [0.4, 0.5) is 5.69 Å². The van der Waals surface area contributed by atoms with Gasteiger partial charge in [-0.05, 0) is 36.6 Å². The third-order valence-electron chi connectivity index (χ3n) is 4.68. The Balaban J connectivity index is 1.30. The molecule has 4 rings (SSSR count). The molecule has 2 aromatic heterocycles. The number of hydrogen-bond acceptors (Lipinski definition) is 4. The van der Waals surface area contributed by atoms with E-state index in [-0.39, 0.29) is 12.6 Å². The molecule has 1 N–H and O–H groups in total. The zero-order valence-electron chi connectivity index (χ0n) is 16.7. The molecular formula is C23H23N5O2. The van der Waals surface area contributed by atoms with E-state index < -0.39 is 0 Å².